The van der Waals surface area contributed by atoms with Crippen molar-refractivity contribution in [2.45, 2.75) is 31.0 Å². The molecule has 1 saturated heterocycles. The Morgan fingerprint density at radius 3 is 2.48 bits per heavy atom. The van der Waals surface area contributed by atoms with E-state index in [1.807, 2.05) is 19.9 Å². The maximum Gasteiger partial charge on any atom is 0.255 e. The zero-order valence-corrected chi connectivity index (χ0v) is 17.3. The molecule has 2 aromatic rings. The highest BCUT2D eigenvalue weighted by Gasteiger charge is 2.23. The molecule has 2 unspecified atom stereocenters. The molecule has 0 saturated carbocycles. The summed E-state index contributed by atoms with van der Waals surface area (Å²) >= 11 is 0. The number of benzene rings is 1. The number of hydrogen-bond donors (Lipinski definition) is 2. The number of rotatable bonds is 5. The molecule has 2 heterocycles. The van der Waals surface area contributed by atoms with Gasteiger partial charge in [-0.2, -0.15) is 0 Å². The Morgan fingerprint density at radius 1 is 1.24 bits per heavy atom. The van der Waals surface area contributed by atoms with Gasteiger partial charge in [-0.3, -0.25) is 4.79 Å². The van der Waals surface area contributed by atoms with Gasteiger partial charge >= 0.3 is 0 Å². The highest BCUT2D eigenvalue weighted by molar-refractivity contribution is 7.89. The highest BCUT2D eigenvalue weighted by atomic mass is 32.2. The molecule has 2 atom stereocenters. The third-order valence-electron chi connectivity index (χ3n) is 4.48. The molecule has 0 spiro atoms. The van der Waals surface area contributed by atoms with E-state index in [9.17, 15) is 13.2 Å². The van der Waals surface area contributed by atoms with Gasteiger partial charge < -0.3 is 19.7 Å². The van der Waals surface area contributed by atoms with Crippen LogP contribution in [0.2, 0.25) is 0 Å². The van der Waals surface area contributed by atoms with Crippen molar-refractivity contribution in [3.63, 3.8) is 0 Å². The summed E-state index contributed by atoms with van der Waals surface area (Å²) in [6, 6.07) is 7.54. The quantitative estimate of drug-likeness (QED) is 0.753. The molecule has 10 heteroatoms. The molecular weight excluding hydrogens is 396 g/mol. The number of pyridine rings is 1. The van der Waals surface area contributed by atoms with Crippen LogP contribution in [-0.2, 0) is 14.8 Å². The Balaban J connectivity index is 1.72. The van der Waals surface area contributed by atoms with Crippen LogP contribution in [-0.4, -0.2) is 51.7 Å². The molecular formula is C19H24N4O5S. The lowest BCUT2D eigenvalue weighted by atomic mass is 10.2. The number of morpholine rings is 1. The number of amides is 1. The Morgan fingerprint density at radius 2 is 1.93 bits per heavy atom. The van der Waals surface area contributed by atoms with Gasteiger partial charge in [0.15, 0.2) is 0 Å². The van der Waals surface area contributed by atoms with Gasteiger partial charge in [-0.15, -0.1) is 0 Å². The number of carbonyl (C=O) groups excluding carboxylic acids is 1. The molecule has 0 radical (unpaired) electrons. The SMILES string of the molecule is COc1cc(C(=O)Nc2ccc(N3CC(C)OC(C)C3)nc2)ccc1S(N)(=O)=O. The summed E-state index contributed by atoms with van der Waals surface area (Å²) in [6.45, 7) is 5.54. The smallest absolute Gasteiger partial charge is 0.255 e. The first-order valence-electron chi connectivity index (χ1n) is 9.06. The fraction of sp³-hybridized carbons (Fsp3) is 0.368. The minimum absolute atomic E-state index is 0.00387. The van der Waals surface area contributed by atoms with E-state index in [-0.39, 0.29) is 28.4 Å². The number of nitrogens with zero attached hydrogens (tertiary/aromatic N) is 2. The molecule has 1 aliphatic rings. The average Bonchev–Trinajstić information content (AvgIpc) is 2.66. The highest BCUT2D eigenvalue weighted by Crippen LogP contribution is 2.25. The molecule has 9 nitrogen and oxygen atoms in total. The lowest BCUT2D eigenvalue weighted by molar-refractivity contribution is -0.00545. The van der Waals surface area contributed by atoms with E-state index in [2.05, 4.69) is 15.2 Å². The number of sulfonamides is 1. The predicted octanol–water partition coefficient (Wildman–Crippen LogP) is 1.60. The summed E-state index contributed by atoms with van der Waals surface area (Å²) in [5.74, 6) is 0.390. The van der Waals surface area contributed by atoms with Gasteiger partial charge in [0.25, 0.3) is 5.91 Å². The molecule has 1 amide bonds. The number of nitrogens with two attached hydrogens (primary N) is 1. The van der Waals surface area contributed by atoms with Crippen molar-refractivity contribution in [3.05, 3.63) is 42.1 Å². The van der Waals surface area contributed by atoms with Crippen molar-refractivity contribution in [2.75, 3.05) is 30.4 Å². The van der Waals surface area contributed by atoms with Crippen LogP contribution in [0.1, 0.15) is 24.2 Å². The van der Waals surface area contributed by atoms with Gasteiger partial charge in [0, 0.05) is 18.7 Å². The molecule has 3 N–H and O–H groups in total. The number of carbonyl (C=O) groups is 1. The van der Waals surface area contributed by atoms with E-state index in [1.165, 1.54) is 25.3 Å². The van der Waals surface area contributed by atoms with Crippen molar-refractivity contribution >= 4 is 27.4 Å². The van der Waals surface area contributed by atoms with Crippen LogP contribution in [0.5, 0.6) is 5.75 Å². The summed E-state index contributed by atoms with van der Waals surface area (Å²) in [5.41, 5.74) is 0.747. The van der Waals surface area contributed by atoms with E-state index in [0.29, 0.717) is 5.69 Å². The molecule has 1 fully saturated rings. The van der Waals surface area contributed by atoms with Gasteiger partial charge in [-0.1, -0.05) is 0 Å². The molecule has 0 aliphatic carbocycles. The second-order valence-electron chi connectivity index (χ2n) is 6.93. The molecule has 3 rings (SSSR count). The maximum absolute atomic E-state index is 12.5. The summed E-state index contributed by atoms with van der Waals surface area (Å²) in [5, 5.41) is 7.88. The van der Waals surface area contributed by atoms with Crippen molar-refractivity contribution in [1.29, 1.82) is 0 Å². The number of nitrogens with one attached hydrogen (secondary N) is 1. The number of primary sulfonamides is 1. The fourth-order valence-corrected chi connectivity index (χ4v) is 3.94. The van der Waals surface area contributed by atoms with Crippen LogP contribution in [0.15, 0.2) is 41.4 Å². The number of methoxy groups -OCH3 is 1. The first-order valence-corrected chi connectivity index (χ1v) is 10.6. The predicted molar refractivity (Wildman–Crippen MR) is 109 cm³/mol. The molecule has 1 aliphatic heterocycles. The van der Waals surface area contributed by atoms with Crippen LogP contribution in [0.25, 0.3) is 0 Å². The van der Waals surface area contributed by atoms with E-state index >= 15 is 0 Å². The summed E-state index contributed by atoms with van der Waals surface area (Å²) in [4.78, 5) is 18.9. The Hall–Kier alpha value is -2.69. The Labute approximate surface area is 169 Å². The van der Waals surface area contributed by atoms with Crippen LogP contribution >= 0.6 is 0 Å². The fourth-order valence-electron chi connectivity index (χ4n) is 3.26. The van der Waals surface area contributed by atoms with E-state index in [4.69, 9.17) is 14.6 Å². The van der Waals surface area contributed by atoms with Crippen molar-refractivity contribution in [3.8, 4) is 5.75 Å². The minimum atomic E-state index is -3.95. The first kappa shape index (κ1) is 21.0. The minimum Gasteiger partial charge on any atom is -0.495 e. The van der Waals surface area contributed by atoms with E-state index < -0.39 is 15.9 Å². The van der Waals surface area contributed by atoms with Crippen LogP contribution < -0.4 is 20.1 Å². The molecule has 156 valence electrons. The zero-order valence-electron chi connectivity index (χ0n) is 16.5. The molecule has 0 bridgehead atoms. The molecule has 29 heavy (non-hydrogen) atoms. The van der Waals surface area contributed by atoms with E-state index in [1.54, 1.807) is 12.3 Å². The van der Waals surface area contributed by atoms with Crippen molar-refractivity contribution < 1.29 is 22.7 Å². The Kier molecular flexibility index (Phi) is 6.06. The largest absolute Gasteiger partial charge is 0.495 e. The van der Waals surface area contributed by atoms with Gasteiger partial charge in [-0.25, -0.2) is 18.5 Å². The van der Waals surface area contributed by atoms with Gasteiger partial charge in [-0.05, 0) is 44.2 Å². The zero-order chi connectivity index (χ0) is 21.2. The van der Waals surface area contributed by atoms with Crippen LogP contribution in [0, 0.1) is 0 Å². The third-order valence-corrected chi connectivity index (χ3v) is 5.43. The van der Waals surface area contributed by atoms with Gasteiger partial charge in [0.2, 0.25) is 10.0 Å². The second kappa shape index (κ2) is 8.36. The number of aromatic nitrogens is 1. The monoisotopic (exact) mass is 420 g/mol. The topological polar surface area (TPSA) is 124 Å². The molecule has 1 aromatic carbocycles. The van der Waals surface area contributed by atoms with Crippen LogP contribution in [0.3, 0.4) is 0 Å². The normalized spacial score (nSPS) is 19.7. The molecule has 1 aromatic heterocycles. The summed E-state index contributed by atoms with van der Waals surface area (Å²) in [6.07, 6.45) is 1.82. The third kappa shape index (κ3) is 5.03. The first-order chi connectivity index (χ1) is 13.7. The summed E-state index contributed by atoms with van der Waals surface area (Å²) < 4.78 is 33.9. The Bertz CT molecular complexity index is 984. The number of anilines is 2. The number of hydrogen-bond acceptors (Lipinski definition) is 7. The average molecular weight is 420 g/mol. The lowest BCUT2D eigenvalue weighted by Gasteiger charge is -2.36. The van der Waals surface area contributed by atoms with E-state index in [0.717, 1.165) is 18.9 Å². The van der Waals surface area contributed by atoms with Gasteiger partial charge in [0.1, 0.15) is 16.5 Å². The van der Waals surface area contributed by atoms with Crippen LogP contribution in [0.4, 0.5) is 11.5 Å². The maximum atomic E-state index is 12.5. The number of ether oxygens (including phenoxy) is 2. The van der Waals surface area contributed by atoms with Crippen molar-refractivity contribution in [1.82, 2.24) is 4.98 Å². The van der Waals surface area contributed by atoms with Gasteiger partial charge in [0.05, 0.1) is 31.2 Å². The standard InChI is InChI=1S/C19H24N4O5S/c1-12-10-23(11-13(2)28-12)18-7-5-15(9-21-18)22-19(24)14-4-6-17(29(20,25)26)16(8-14)27-3/h4-9,12-13H,10-11H2,1-3H3,(H,22,24)(H2,20,25,26). The lowest BCUT2D eigenvalue weighted by Crippen LogP contribution is -2.45. The second-order valence-corrected chi connectivity index (χ2v) is 8.46. The van der Waals surface area contributed by atoms with Crippen molar-refractivity contribution in [2.24, 2.45) is 5.14 Å². The summed E-state index contributed by atoms with van der Waals surface area (Å²) in [7, 11) is -2.64.